The standard InChI is InChI=1S/C13H19N.2C12H16.C11H13Br.2C11H12Cl2.C11H13F.C10H15N/c1-11(2)5-6-12-7-9-13(10-8-12)14(3)4;1-10(2)4-7-12-8-5-11(3)6-9-12;1-10(2)7-8-12-6-4-5-11(3)9-12;1-9(2)6-7-10-4-3-5-11(12)8-10;1-8(2)3-4-9-5-10(12)7-11(13)6-9;1-8(2)3-4-9-5-6-10(12)11(13)7-9;1-9(2)6-7-10-4-3-5-11(12)8-10;1-9(2)6-7-10-5-4-8-11(10)3/h5-11H,1-4H3;2*4-10H,1-3H3;3-9H,1-2H3;2*3-8H,1-2H3;3-9H,1-2H3;4-9H,1-3H3/b6-5+;7-4+;8-7+;7-6+;2*4-3+;2*7-6+. The maximum Gasteiger partial charge on any atom is 0.123 e. The molecule has 0 saturated heterocycles. The van der Waals surface area contributed by atoms with Crippen molar-refractivity contribution in [3.05, 3.63) is 311 Å². The summed E-state index contributed by atoms with van der Waals surface area (Å²) in [4.78, 5) is 2.11. The summed E-state index contributed by atoms with van der Waals surface area (Å²) >= 11 is 26.8. The molecule has 99 heavy (non-hydrogen) atoms. The van der Waals surface area contributed by atoms with Crippen molar-refractivity contribution in [1.82, 2.24) is 4.57 Å². The first-order valence-corrected chi connectivity index (χ1v) is 36.9. The molecule has 532 valence electrons. The van der Waals surface area contributed by atoms with Gasteiger partial charge in [0.25, 0.3) is 0 Å². The number of aryl methyl sites for hydroxylation is 3. The number of nitrogens with zero attached hydrogens (tertiary/aromatic N) is 2. The van der Waals surface area contributed by atoms with E-state index in [-0.39, 0.29) is 5.82 Å². The summed E-state index contributed by atoms with van der Waals surface area (Å²) in [5, 5.41) is 2.56. The molecule has 8 aromatic rings. The second kappa shape index (κ2) is 52.1. The molecule has 1 aromatic heterocycles. The third-order valence-corrected chi connectivity index (χ3v) is 15.1. The average molecular weight is 1480 g/mol. The molecule has 0 spiro atoms. The van der Waals surface area contributed by atoms with Crippen LogP contribution in [0.1, 0.15) is 167 Å². The monoisotopic (exact) mass is 1470 g/mol. The summed E-state index contributed by atoms with van der Waals surface area (Å²) < 4.78 is 15.9. The Morgan fingerprint density at radius 2 is 0.707 bits per heavy atom. The van der Waals surface area contributed by atoms with E-state index in [1.807, 2.05) is 66.8 Å². The van der Waals surface area contributed by atoms with Crippen LogP contribution in [0.15, 0.2) is 229 Å². The van der Waals surface area contributed by atoms with Gasteiger partial charge in [0, 0.05) is 53.2 Å². The second-order valence-corrected chi connectivity index (χ2v) is 29.8. The molecule has 8 rings (SSSR count). The van der Waals surface area contributed by atoms with Gasteiger partial charge in [0.2, 0.25) is 0 Å². The third-order valence-electron chi connectivity index (χ3n) is 13.4. The van der Waals surface area contributed by atoms with Gasteiger partial charge in [-0.1, -0.05) is 366 Å². The quantitative estimate of drug-likeness (QED) is 0.0882. The van der Waals surface area contributed by atoms with Crippen molar-refractivity contribution < 1.29 is 4.39 Å². The van der Waals surface area contributed by atoms with Crippen LogP contribution in [0.3, 0.4) is 0 Å². The summed E-state index contributed by atoms with van der Waals surface area (Å²) in [5.74, 6) is 4.54. The Morgan fingerprint density at radius 3 is 1.09 bits per heavy atom. The minimum Gasteiger partial charge on any atom is -0.378 e. The minimum absolute atomic E-state index is 0.180. The Hall–Kier alpha value is -6.89. The van der Waals surface area contributed by atoms with E-state index in [0.717, 1.165) is 21.2 Å². The van der Waals surface area contributed by atoms with Crippen LogP contribution in [-0.2, 0) is 7.05 Å². The topological polar surface area (TPSA) is 8.17 Å². The third kappa shape index (κ3) is 48.5. The summed E-state index contributed by atoms with van der Waals surface area (Å²) in [6.07, 6.45) is 36.2. The molecule has 0 aliphatic heterocycles. The SMILES string of the molecule is CC(C)/C=C/c1cc(Cl)cc(Cl)c1.CC(C)/C=C/c1ccc(Cl)c(Cl)c1.CC(C)/C=C/c1ccc(N(C)C)cc1.CC(C)/C=C/c1cccc(Br)c1.CC(C)/C=C/c1cccc(F)c1.CC(C)/C=C/c1cccn1C.Cc1ccc(/C=C/C(C)C)cc1.Cc1cccc(/C=C/C(C)C)c1. The van der Waals surface area contributed by atoms with E-state index < -0.39 is 0 Å². The summed E-state index contributed by atoms with van der Waals surface area (Å²) in [6.45, 7) is 38.8. The lowest BCUT2D eigenvalue weighted by Gasteiger charge is -2.11. The Balaban J connectivity index is 0.000000566. The zero-order valence-corrected chi connectivity index (χ0v) is 67.9. The van der Waals surface area contributed by atoms with E-state index in [4.69, 9.17) is 46.4 Å². The fourth-order valence-corrected chi connectivity index (χ4v) is 9.17. The lowest BCUT2D eigenvalue weighted by Crippen LogP contribution is -2.07. The smallest absolute Gasteiger partial charge is 0.123 e. The van der Waals surface area contributed by atoms with Crippen LogP contribution in [0.5, 0.6) is 0 Å². The van der Waals surface area contributed by atoms with Crippen LogP contribution in [0.25, 0.3) is 48.6 Å². The largest absolute Gasteiger partial charge is 0.378 e. The van der Waals surface area contributed by atoms with Gasteiger partial charge in [-0.2, -0.15) is 0 Å². The van der Waals surface area contributed by atoms with Gasteiger partial charge in [-0.3, -0.25) is 0 Å². The number of benzene rings is 7. The number of allylic oxidation sites excluding steroid dienone is 8. The van der Waals surface area contributed by atoms with Crippen LogP contribution in [0.2, 0.25) is 20.1 Å². The number of hydrogen-bond donors (Lipinski definition) is 0. The van der Waals surface area contributed by atoms with Crippen LogP contribution in [0.4, 0.5) is 10.1 Å². The van der Waals surface area contributed by atoms with E-state index >= 15 is 0 Å². The first-order chi connectivity index (χ1) is 46.7. The maximum absolute atomic E-state index is 12.7. The molecule has 0 N–H and O–H groups in total. The maximum atomic E-state index is 12.7. The predicted octanol–water partition coefficient (Wildman–Crippen LogP) is 30.4. The van der Waals surface area contributed by atoms with Crippen molar-refractivity contribution in [2.75, 3.05) is 19.0 Å². The average Bonchev–Trinajstić information content (AvgIpc) is 1.14. The van der Waals surface area contributed by atoms with Crippen molar-refractivity contribution in [2.45, 2.75) is 125 Å². The molecular weight excluding hydrogens is 1360 g/mol. The highest BCUT2D eigenvalue weighted by Crippen LogP contribution is 2.24. The first kappa shape index (κ1) is 90.1. The van der Waals surface area contributed by atoms with Crippen molar-refractivity contribution in [3.63, 3.8) is 0 Å². The number of rotatable bonds is 17. The molecule has 8 heteroatoms. The molecule has 0 amide bonds. The van der Waals surface area contributed by atoms with Crippen LogP contribution < -0.4 is 4.90 Å². The number of hydrogen-bond acceptors (Lipinski definition) is 1. The van der Waals surface area contributed by atoms with Gasteiger partial charge >= 0.3 is 0 Å². The molecular formula is C91H116BrCl4FN2. The van der Waals surface area contributed by atoms with E-state index in [2.05, 4.69) is 353 Å². The van der Waals surface area contributed by atoms with Crippen molar-refractivity contribution in [1.29, 1.82) is 0 Å². The Morgan fingerprint density at radius 1 is 0.343 bits per heavy atom. The highest BCUT2D eigenvalue weighted by atomic mass is 79.9. The van der Waals surface area contributed by atoms with Gasteiger partial charge in [-0.05, 0) is 185 Å². The van der Waals surface area contributed by atoms with Gasteiger partial charge in [0.05, 0.1) is 10.0 Å². The number of halogens is 6. The number of aromatic nitrogens is 1. The highest BCUT2D eigenvalue weighted by Gasteiger charge is 2.00. The lowest BCUT2D eigenvalue weighted by atomic mass is 10.1. The van der Waals surface area contributed by atoms with Gasteiger partial charge in [-0.25, -0.2) is 4.39 Å². The Labute approximate surface area is 629 Å². The van der Waals surface area contributed by atoms with Crippen molar-refractivity contribution in [3.8, 4) is 0 Å². The Kier molecular flexibility index (Phi) is 47.5. The van der Waals surface area contributed by atoms with Gasteiger partial charge in [0.1, 0.15) is 5.82 Å². The molecule has 0 radical (unpaired) electrons. The molecule has 0 aliphatic carbocycles. The highest BCUT2D eigenvalue weighted by molar-refractivity contribution is 9.10. The predicted molar refractivity (Wildman–Crippen MR) is 453 cm³/mol. The fourth-order valence-electron chi connectivity index (χ4n) is 7.91. The molecule has 0 aliphatic rings. The zero-order chi connectivity index (χ0) is 74.4. The van der Waals surface area contributed by atoms with Crippen LogP contribution in [-0.4, -0.2) is 18.7 Å². The molecule has 0 bridgehead atoms. The van der Waals surface area contributed by atoms with Crippen LogP contribution >= 0.6 is 62.3 Å². The summed E-state index contributed by atoms with van der Waals surface area (Å²) in [7, 11) is 6.16. The first-order valence-electron chi connectivity index (χ1n) is 34.6. The van der Waals surface area contributed by atoms with E-state index in [9.17, 15) is 4.39 Å². The normalized spacial score (nSPS) is 11.4. The fraction of sp³-hybridized carbons (Fsp3) is 0.319. The zero-order valence-electron chi connectivity index (χ0n) is 63.3. The van der Waals surface area contributed by atoms with Gasteiger partial charge < -0.3 is 9.47 Å². The molecule has 0 fully saturated rings. The van der Waals surface area contributed by atoms with Crippen molar-refractivity contribution >= 4 is 117 Å². The minimum atomic E-state index is -0.180. The van der Waals surface area contributed by atoms with Crippen molar-refractivity contribution in [2.24, 2.45) is 54.4 Å². The van der Waals surface area contributed by atoms with Crippen LogP contribution in [0, 0.1) is 67.0 Å². The molecule has 7 aromatic carbocycles. The number of anilines is 1. The van der Waals surface area contributed by atoms with Gasteiger partial charge in [-0.15, -0.1) is 0 Å². The van der Waals surface area contributed by atoms with E-state index in [0.29, 0.717) is 67.4 Å². The molecule has 0 saturated carbocycles. The molecule has 0 atom stereocenters. The molecule has 0 unspecified atom stereocenters. The molecule has 1 heterocycles. The second-order valence-electron chi connectivity index (χ2n) is 27.2. The van der Waals surface area contributed by atoms with Gasteiger partial charge in [0.15, 0.2) is 0 Å². The summed E-state index contributed by atoms with van der Waals surface area (Å²) in [6, 6.07) is 55.9. The van der Waals surface area contributed by atoms with E-state index in [1.54, 1.807) is 12.1 Å². The lowest BCUT2D eigenvalue weighted by molar-refractivity contribution is 0.627. The molecule has 2 nitrogen and oxygen atoms in total. The Bertz CT molecular complexity index is 3550. The van der Waals surface area contributed by atoms with E-state index in [1.165, 1.54) is 56.9 Å². The summed E-state index contributed by atoms with van der Waals surface area (Å²) in [5.41, 5.74) is 13.3.